The van der Waals surface area contributed by atoms with E-state index in [9.17, 15) is 13.2 Å². The van der Waals surface area contributed by atoms with Gasteiger partial charge in [0.25, 0.3) is 0 Å². The molecule has 0 saturated carbocycles. The maximum Gasteiger partial charge on any atom is 0.244 e. The zero-order valence-corrected chi connectivity index (χ0v) is 21.4. The van der Waals surface area contributed by atoms with Gasteiger partial charge in [0.15, 0.2) is 17.3 Å². The number of hydrogen-bond donors (Lipinski definition) is 0. The van der Waals surface area contributed by atoms with Crippen molar-refractivity contribution in [3.8, 4) is 22.6 Å². The number of fused-ring (bicyclic) bond motifs is 1. The smallest absolute Gasteiger partial charge is 0.244 e. The number of benzene rings is 4. The van der Waals surface area contributed by atoms with Crippen molar-refractivity contribution in [1.29, 1.82) is 0 Å². The molecule has 5 rings (SSSR count). The predicted molar refractivity (Wildman–Crippen MR) is 142 cm³/mol. The first-order valence-electron chi connectivity index (χ1n) is 11.9. The zero-order chi connectivity index (χ0) is 26.0. The van der Waals surface area contributed by atoms with Gasteiger partial charge in [0.1, 0.15) is 0 Å². The molecular weight excluding hydrogens is 486 g/mol. The van der Waals surface area contributed by atoms with Gasteiger partial charge in [0.05, 0.1) is 25.2 Å². The lowest BCUT2D eigenvalue weighted by molar-refractivity contribution is 0.0882. The second-order valence-electron chi connectivity index (χ2n) is 8.87. The Kier molecular flexibility index (Phi) is 6.82. The van der Waals surface area contributed by atoms with Gasteiger partial charge < -0.3 is 9.47 Å². The summed E-state index contributed by atoms with van der Waals surface area (Å²) in [6.07, 6.45) is 0.289. The SMILES string of the molecule is COc1ccc(S(=O)(=O)N2Cc3ccccc3C[C@H]2C(=O)c2cccc(-c3ccccc3)c2)cc1OC. The van der Waals surface area contributed by atoms with Crippen LogP contribution in [-0.2, 0) is 23.0 Å². The van der Waals surface area contributed by atoms with Crippen molar-refractivity contribution in [3.63, 3.8) is 0 Å². The third kappa shape index (κ3) is 4.75. The molecule has 0 unspecified atom stereocenters. The highest BCUT2D eigenvalue weighted by Gasteiger charge is 2.40. The number of hydrogen-bond acceptors (Lipinski definition) is 5. The fourth-order valence-electron chi connectivity index (χ4n) is 4.76. The summed E-state index contributed by atoms with van der Waals surface area (Å²) in [5.41, 5.74) is 4.21. The number of ketones is 1. The Morgan fingerprint density at radius 2 is 1.43 bits per heavy atom. The second kappa shape index (κ2) is 10.2. The molecule has 6 nitrogen and oxygen atoms in total. The summed E-state index contributed by atoms with van der Waals surface area (Å²) >= 11 is 0. The molecule has 4 aromatic rings. The lowest BCUT2D eigenvalue weighted by Crippen LogP contribution is -2.48. The van der Waals surface area contributed by atoms with E-state index in [2.05, 4.69) is 0 Å². The molecule has 0 saturated heterocycles. The Balaban J connectivity index is 1.57. The van der Waals surface area contributed by atoms with Gasteiger partial charge in [-0.15, -0.1) is 0 Å². The summed E-state index contributed by atoms with van der Waals surface area (Å²) in [7, 11) is -1.10. The number of methoxy groups -OCH3 is 2. The van der Waals surface area contributed by atoms with Crippen LogP contribution < -0.4 is 9.47 Å². The van der Waals surface area contributed by atoms with Crippen LogP contribution in [0.3, 0.4) is 0 Å². The van der Waals surface area contributed by atoms with E-state index in [0.717, 1.165) is 22.3 Å². The topological polar surface area (TPSA) is 72.9 Å². The highest BCUT2D eigenvalue weighted by Crippen LogP contribution is 2.35. The second-order valence-corrected chi connectivity index (χ2v) is 10.8. The van der Waals surface area contributed by atoms with Gasteiger partial charge in [-0.1, -0.05) is 72.8 Å². The fourth-order valence-corrected chi connectivity index (χ4v) is 6.34. The molecule has 1 atom stereocenters. The summed E-state index contributed by atoms with van der Waals surface area (Å²) in [5, 5.41) is 0. The van der Waals surface area contributed by atoms with Crippen molar-refractivity contribution >= 4 is 15.8 Å². The summed E-state index contributed by atoms with van der Waals surface area (Å²) < 4.78 is 39.9. The lowest BCUT2D eigenvalue weighted by Gasteiger charge is -2.35. The normalized spacial score (nSPS) is 15.6. The van der Waals surface area contributed by atoms with Gasteiger partial charge in [-0.05, 0) is 46.9 Å². The van der Waals surface area contributed by atoms with Crippen molar-refractivity contribution in [3.05, 3.63) is 114 Å². The summed E-state index contributed by atoms with van der Waals surface area (Å²) in [6, 6.07) is 28.4. The molecule has 37 heavy (non-hydrogen) atoms. The first-order valence-corrected chi connectivity index (χ1v) is 13.4. The number of carbonyl (C=O) groups excluding carboxylic acids is 1. The van der Waals surface area contributed by atoms with Gasteiger partial charge in [0.2, 0.25) is 10.0 Å². The van der Waals surface area contributed by atoms with E-state index in [4.69, 9.17) is 9.47 Å². The van der Waals surface area contributed by atoms with Crippen molar-refractivity contribution in [2.45, 2.75) is 23.9 Å². The molecule has 7 heteroatoms. The molecular formula is C30H27NO5S. The lowest BCUT2D eigenvalue weighted by atomic mass is 9.90. The Morgan fingerprint density at radius 1 is 0.757 bits per heavy atom. The molecule has 0 N–H and O–H groups in total. The van der Waals surface area contributed by atoms with Crippen LogP contribution in [0.15, 0.2) is 102 Å². The van der Waals surface area contributed by atoms with E-state index >= 15 is 0 Å². The number of sulfonamides is 1. The van der Waals surface area contributed by atoms with Gasteiger partial charge in [-0.3, -0.25) is 4.79 Å². The van der Waals surface area contributed by atoms with Crippen LogP contribution in [0.5, 0.6) is 11.5 Å². The zero-order valence-electron chi connectivity index (χ0n) is 20.6. The van der Waals surface area contributed by atoms with Gasteiger partial charge in [-0.25, -0.2) is 8.42 Å². The minimum Gasteiger partial charge on any atom is -0.493 e. The molecule has 0 bridgehead atoms. The molecule has 188 valence electrons. The molecule has 1 aliphatic heterocycles. The van der Waals surface area contributed by atoms with Crippen molar-refractivity contribution in [1.82, 2.24) is 4.31 Å². The summed E-state index contributed by atoms with van der Waals surface area (Å²) in [5.74, 6) is 0.492. The number of Topliss-reactive ketones (excluding diaryl/α,β-unsaturated/α-hetero) is 1. The highest BCUT2D eigenvalue weighted by atomic mass is 32.2. The molecule has 0 radical (unpaired) electrons. The van der Waals surface area contributed by atoms with Crippen LogP contribution in [0.4, 0.5) is 0 Å². The summed E-state index contributed by atoms with van der Waals surface area (Å²) in [6.45, 7) is 0.0988. The standard InChI is InChI=1S/C30H27NO5S/c1-35-28-16-15-26(19-29(28)36-2)37(33,34)31-20-25-12-7-6-11-23(25)18-27(31)30(32)24-14-8-13-22(17-24)21-9-4-3-5-10-21/h3-17,19,27H,18,20H2,1-2H3/t27-/m0/s1. The molecule has 0 aliphatic carbocycles. The Hall–Kier alpha value is -3.94. The number of ether oxygens (including phenoxy) is 2. The number of nitrogens with zero attached hydrogens (tertiary/aromatic N) is 1. The first-order chi connectivity index (χ1) is 17.9. The van der Waals surface area contributed by atoms with E-state index in [-0.39, 0.29) is 23.6 Å². The molecule has 0 fully saturated rings. The maximum atomic E-state index is 14.0. The minimum atomic E-state index is -4.05. The van der Waals surface area contributed by atoms with E-state index in [1.807, 2.05) is 72.8 Å². The number of rotatable bonds is 7. The van der Waals surface area contributed by atoms with Crippen LogP contribution in [0.2, 0.25) is 0 Å². The van der Waals surface area contributed by atoms with E-state index < -0.39 is 16.1 Å². The molecule has 0 aromatic heterocycles. The molecule has 0 amide bonds. The predicted octanol–water partition coefficient (Wildman–Crippen LogP) is 5.37. The quantitative estimate of drug-likeness (QED) is 0.311. The van der Waals surface area contributed by atoms with Gasteiger partial charge >= 0.3 is 0 Å². The van der Waals surface area contributed by atoms with E-state index in [0.29, 0.717) is 17.1 Å². The number of carbonyl (C=O) groups is 1. The summed E-state index contributed by atoms with van der Waals surface area (Å²) in [4.78, 5) is 14.0. The van der Waals surface area contributed by atoms with Crippen molar-refractivity contribution in [2.24, 2.45) is 0 Å². The third-order valence-electron chi connectivity index (χ3n) is 6.72. The Bertz CT molecular complexity index is 1550. The fraction of sp³-hybridized carbons (Fsp3) is 0.167. The molecule has 0 spiro atoms. The van der Waals surface area contributed by atoms with E-state index in [1.165, 1.54) is 30.7 Å². The average Bonchev–Trinajstić information content (AvgIpc) is 2.96. The van der Waals surface area contributed by atoms with Crippen molar-refractivity contribution in [2.75, 3.05) is 14.2 Å². The van der Waals surface area contributed by atoms with E-state index in [1.54, 1.807) is 12.1 Å². The van der Waals surface area contributed by atoms with Crippen LogP contribution in [0.1, 0.15) is 21.5 Å². The highest BCUT2D eigenvalue weighted by molar-refractivity contribution is 7.89. The van der Waals surface area contributed by atoms with Gasteiger partial charge in [0, 0.05) is 18.2 Å². The van der Waals surface area contributed by atoms with Crippen LogP contribution in [0.25, 0.3) is 11.1 Å². The Labute approximate surface area is 217 Å². The Morgan fingerprint density at radius 3 is 2.16 bits per heavy atom. The maximum absolute atomic E-state index is 14.0. The first kappa shape index (κ1) is 24.7. The monoisotopic (exact) mass is 513 g/mol. The van der Waals surface area contributed by atoms with Crippen molar-refractivity contribution < 1.29 is 22.7 Å². The van der Waals surface area contributed by atoms with Crippen LogP contribution in [-0.4, -0.2) is 38.8 Å². The molecule has 4 aromatic carbocycles. The molecule has 1 heterocycles. The van der Waals surface area contributed by atoms with Crippen LogP contribution >= 0.6 is 0 Å². The van der Waals surface area contributed by atoms with Gasteiger partial charge in [-0.2, -0.15) is 4.31 Å². The average molecular weight is 514 g/mol. The van der Waals surface area contributed by atoms with Crippen LogP contribution in [0, 0.1) is 0 Å². The molecule has 1 aliphatic rings. The minimum absolute atomic E-state index is 0.0420. The third-order valence-corrected chi connectivity index (χ3v) is 8.57. The largest absolute Gasteiger partial charge is 0.493 e.